The van der Waals surface area contributed by atoms with Crippen LogP contribution in [0.1, 0.15) is 22.6 Å². The number of carbonyl (C=O) groups excluding carboxylic acids is 1. The normalized spacial score (nSPS) is 11.2. The zero-order valence-electron chi connectivity index (χ0n) is 16.1. The molecule has 0 aliphatic rings. The monoisotopic (exact) mass is 449 g/mol. The molecule has 2 N–H and O–H groups in total. The number of amides is 1. The Balaban J connectivity index is 1.65. The van der Waals surface area contributed by atoms with Crippen molar-refractivity contribution >= 4 is 28.9 Å². The highest BCUT2D eigenvalue weighted by Gasteiger charge is 2.36. The van der Waals surface area contributed by atoms with Crippen LogP contribution in [-0.4, -0.2) is 17.0 Å². The molecule has 0 fully saturated rings. The molecule has 5 nitrogen and oxygen atoms in total. The maximum absolute atomic E-state index is 13.5. The lowest BCUT2D eigenvalue weighted by Gasteiger charge is -2.07. The Morgan fingerprint density at radius 2 is 1.68 bits per heavy atom. The van der Waals surface area contributed by atoms with Crippen molar-refractivity contribution in [3.63, 3.8) is 0 Å². The molecule has 9 heteroatoms. The Hall–Kier alpha value is -3.33. The fourth-order valence-electron chi connectivity index (χ4n) is 2.79. The first kappa shape index (κ1) is 22.4. The molecule has 0 saturated carbocycles. The van der Waals surface area contributed by atoms with Crippen molar-refractivity contribution in [2.45, 2.75) is 25.6 Å². The maximum atomic E-state index is 13.5. The molecule has 0 atom stereocenters. The molecule has 1 heterocycles. The van der Waals surface area contributed by atoms with Gasteiger partial charge in [-0.05, 0) is 35.9 Å². The van der Waals surface area contributed by atoms with E-state index in [0.29, 0.717) is 33.2 Å². The molecule has 31 heavy (non-hydrogen) atoms. The molecule has 0 saturated heterocycles. The van der Waals surface area contributed by atoms with Gasteiger partial charge in [-0.1, -0.05) is 30.3 Å². The van der Waals surface area contributed by atoms with Gasteiger partial charge in [0.2, 0.25) is 5.91 Å². The topological polar surface area (TPSA) is 75.6 Å². The lowest BCUT2D eigenvalue weighted by Crippen LogP contribution is -2.13. The van der Waals surface area contributed by atoms with Gasteiger partial charge < -0.3 is 15.2 Å². The van der Waals surface area contributed by atoms with Gasteiger partial charge >= 0.3 is 12.1 Å². The van der Waals surface area contributed by atoms with Crippen LogP contribution in [0.2, 0.25) is 0 Å². The van der Waals surface area contributed by atoms with Crippen LogP contribution in [0.15, 0.2) is 60.7 Å². The molecule has 3 rings (SSSR count). The standard InChI is InChI=1S/C22H18F3NO4S/c23-22(24,25)21-18(14-4-2-1-3-5-14)12-17(31-21)13-30-16-8-6-15(7-9-16)26-19(27)10-11-20(28)29/h1-9,12H,10-11,13H2,(H,26,27)(H,28,29). The molecule has 162 valence electrons. The zero-order chi connectivity index (χ0) is 22.4. The van der Waals surface area contributed by atoms with Crippen molar-refractivity contribution in [1.29, 1.82) is 0 Å². The smallest absolute Gasteiger partial charge is 0.426 e. The van der Waals surface area contributed by atoms with Crippen molar-refractivity contribution in [1.82, 2.24) is 0 Å². The molecule has 0 bridgehead atoms. The number of carboxylic acid groups (broad SMARTS) is 1. The maximum Gasteiger partial charge on any atom is 0.426 e. The molecule has 2 aromatic carbocycles. The SMILES string of the molecule is O=C(O)CCC(=O)Nc1ccc(OCc2cc(-c3ccccc3)c(C(F)(F)F)s2)cc1. The van der Waals surface area contributed by atoms with Crippen molar-refractivity contribution in [2.75, 3.05) is 5.32 Å². The first-order valence-electron chi connectivity index (χ1n) is 9.22. The number of rotatable bonds is 8. The van der Waals surface area contributed by atoms with Gasteiger partial charge in [0.15, 0.2) is 0 Å². The summed E-state index contributed by atoms with van der Waals surface area (Å²) < 4.78 is 46.0. The first-order valence-corrected chi connectivity index (χ1v) is 10.0. The van der Waals surface area contributed by atoms with Crippen molar-refractivity contribution in [3.8, 4) is 16.9 Å². The van der Waals surface area contributed by atoms with Gasteiger partial charge in [0.1, 0.15) is 17.2 Å². The number of aliphatic carboxylic acids is 1. The number of halogens is 3. The summed E-state index contributed by atoms with van der Waals surface area (Å²) in [5.41, 5.74) is 1.07. The number of ether oxygens (including phenoxy) is 1. The summed E-state index contributed by atoms with van der Waals surface area (Å²) in [6, 6.07) is 16.1. The molecular weight excluding hydrogens is 431 g/mol. The van der Waals surface area contributed by atoms with Gasteiger partial charge in [-0.25, -0.2) is 0 Å². The number of anilines is 1. The van der Waals surface area contributed by atoms with Crippen LogP contribution in [0.5, 0.6) is 5.75 Å². The van der Waals surface area contributed by atoms with Crippen LogP contribution in [0, 0.1) is 0 Å². The number of hydrogen-bond donors (Lipinski definition) is 2. The Morgan fingerprint density at radius 1 is 1.00 bits per heavy atom. The van der Waals surface area contributed by atoms with Gasteiger partial charge in [0, 0.05) is 22.5 Å². The molecule has 0 unspecified atom stereocenters. The van der Waals surface area contributed by atoms with Crippen LogP contribution >= 0.6 is 11.3 Å². The largest absolute Gasteiger partial charge is 0.488 e. The quantitative estimate of drug-likeness (QED) is 0.455. The van der Waals surface area contributed by atoms with E-state index in [1.165, 1.54) is 6.07 Å². The van der Waals surface area contributed by atoms with E-state index >= 15 is 0 Å². The highest BCUT2D eigenvalue weighted by atomic mass is 32.1. The van der Waals surface area contributed by atoms with E-state index < -0.39 is 22.9 Å². The van der Waals surface area contributed by atoms with E-state index in [9.17, 15) is 22.8 Å². The summed E-state index contributed by atoms with van der Waals surface area (Å²) in [5, 5.41) is 11.2. The number of benzene rings is 2. The fourth-order valence-corrected chi connectivity index (χ4v) is 3.75. The van der Waals surface area contributed by atoms with E-state index in [0.717, 1.165) is 0 Å². The number of carboxylic acids is 1. The van der Waals surface area contributed by atoms with Gasteiger partial charge in [-0.2, -0.15) is 13.2 Å². The molecular formula is C22H18F3NO4S. The van der Waals surface area contributed by atoms with Crippen molar-refractivity contribution in [2.24, 2.45) is 0 Å². The fraction of sp³-hybridized carbons (Fsp3) is 0.182. The third-order valence-corrected chi connectivity index (χ3v) is 5.36. The number of carbonyl (C=O) groups is 2. The summed E-state index contributed by atoms with van der Waals surface area (Å²) >= 11 is 0.645. The highest BCUT2D eigenvalue weighted by molar-refractivity contribution is 7.12. The second-order valence-electron chi connectivity index (χ2n) is 6.57. The van der Waals surface area contributed by atoms with Crippen LogP contribution in [0.4, 0.5) is 18.9 Å². The minimum Gasteiger partial charge on any atom is -0.488 e. The Bertz CT molecular complexity index is 1050. The summed E-state index contributed by atoms with van der Waals surface area (Å²) in [7, 11) is 0. The third-order valence-electron chi connectivity index (χ3n) is 4.21. The minimum absolute atomic E-state index is 0.0368. The summed E-state index contributed by atoms with van der Waals surface area (Å²) in [6.07, 6.45) is -4.87. The average molecular weight is 449 g/mol. The van der Waals surface area contributed by atoms with Gasteiger partial charge in [-0.3, -0.25) is 9.59 Å². The van der Waals surface area contributed by atoms with Crippen LogP contribution in [-0.2, 0) is 22.4 Å². The number of alkyl halides is 3. The van der Waals surface area contributed by atoms with Crippen LogP contribution in [0.25, 0.3) is 11.1 Å². The van der Waals surface area contributed by atoms with E-state index in [1.807, 2.05) is 0 Å². The zero-order valence-corrected chi connectivity index (χ0v) is 16.9. The Kier molecular flexibility index (Phi) is 6.96. The van der Waals surface area contributed by atoms with Gasteiger partial charge in [0.25, 0.3) is 0 Å². The molecule has 0 radical (unpaired) electrons. The van der Waals surface area contributed by atoms with E-state index in [2.05, 4.69) is 5.32 Å². The van der Waals surface area contributed by atoms with Crippen LogP contribution < -0.4 is 10.1 Å². The molecule has 3 aromatic rings. The Morgan fingerprint density at radius 3 is 2.29 bits per heavy atom. The predicted molar refractivity (Wildman–Crippen MR) is 111 cm³/mol. The molecule has 1 aromatic heterocycles. The van der Waals surface area contributed by atoms with Crippen LogP contribution in [0.3, 0.4) is 0 Å². The average Bonchev–Trinajstić information content (AvgIpc) is 3.17. The molecule has 0 aliphatic heterocycles. The number of hydrogen-bond acceptors (Lipinski definition) is 4. The second kappa shape index (κ2) is 9.65. The van der Waals surface area contributed by atoms with E-state index in [-0.39, 0.29) is 25.0 Å². The summed E-state index contributed by atoms with van der Waals surface area (Å²) in [5.74, 6) is -1.06. The first-order chi connectivity index (χ1) is 14.7. The number of nitrogens with one attached hydrogen (secondary N) is 1. The van der Waals surface area contributed by atoms with Crippen molar-refractivity contribution in [3.05, 3.63) is 70.4 Å². The highest BCUT2D eigenvalue weighted by Crippen LogP contribution is 2.43. The molecule has 1 amide bonds. The summed E-state index contributed by atoms with van der Waals surface area (Å²) in [6.45, 7) is -0.0368. The second-order valence-corrected chi connectivity index (χ2v) is 7.71. The van der Waals surface area contributed by atoms with E-state index in [1.54, 1.807) is 54.6 Å². The lowest BCUT2D eigenvalue weighted by atomic mass is 10.1. The van der Waals surface area contributed by atoms with Gasteiger partial charge in [-0.15, -0.1) is 11.3 Å². The van der Waals surface area contributed by atoms with Crippen molar-refractivity contribution < 1.29 is 32.6 Å². The number of thiophene rings is 1. The molecule has 0 aliphatic carbocycles. The molecule has 0 spiro atoms. The lowest BCUT2D eigenvalue weighted by molar-refractivity contribution is -0.138. The van der Waals surface area contributed by atoms with Gasteiger partial charge in [0.05, 0.1) is 6.42 Å². The third kappa shape index (κ3) is 6.32. The summed E-state index contributed by atoms with van der Waals surface area (Å²) in [4.78, 5) is 21.9. The predicted octanol–water partition coefficient (Wildman–Crippen LogP) is 5.82. The van der Waals surface area contributed by atoms with E-state index in [4.69, 9.17) is 9.84 Å². The Labute approximate surface area is 180 Å². The minimum atomic E-state index is -4.46.